The van der Waals surface area contributed by atoms with E-state index in [0.717, 1.165) is 18.3 Å². The number of carbonyl (C=O) groups excluding carboxylic acids is 1. The Morgan fingerprint density at radius 3 is 2.71 bits per heavy atom. The Labute approximate surface area is 139 Å². The van der Waals surface area contributed by atoms with Crippen molar-refractivity contribution >= 4 is 11.9 Å². The molecule has 1 fully saturated rings. The molecule has 1 aliphatic heterocycles. The van der Waals surface area contributed by atoms with E-state index in [2.05, 4.69) is 4.98 Å². The molecule has 0 radical (unpaired) electrons. The Morgan fingerprint density at radius 2 is 2.04 bits per heavy atom. The number of halogens is 3. The van der Waals surface area contributed by atoms with Crippen LogP contribution in [0.4, 0.5) is 23.8 Å². The lowest BCUT2D eigenvalue weighted by Gasteiger charge is -2.23. The van der Waals surface area contributed by atoms with Crippen LogP contribution in [0.15, 0.2) is 18.3 Å². The average molecular weight is 345 g/mol. The summed E-state index contributed by atoms with van der Waals surface area (Å²) in [5.74, 6) is 0.536. The van der Waals surface area contributed by atoms with Crippen LogP contribution < -0.4 is 4.90 Å². The first-order valence-electron chi connectivity index (χ1n) is 7.97. The molecule has 8 heteroatoms. The lowest BCUT2D eigenvalue weighted by atomic mass is 10.2. The quantitative estimate of drug-likeness (QED) is 0.842. The summed E-state index contributed by atoms with van der Waals surface area (Å²) in [5, 5.41) is 0. The van der Waals surface area contributed by atoms with Gasteiger partial charge in [0.2, 0.25) is 0 Å². The largest absolute Gasteiger partial charge is 0.449 e. The normalized spacial score (nSPS) is 16.2. The van der Waals surface area contributed by atoms with Gasteiger partial charge in [0, 0.05) is 32.4 Å². The molecule has 2 rings (SSSR count). The maximum Gasteiger partial charge on any atom is 0.416 e. The smallest absolute Gasteiger partial charge is 0.416 e. The molecular formula is C16H22F3N3O2. The highest BCUT2D eigenvalue weighted by Crippen LogP contribution is 2.30. The van der Waals surface area contributed by atoms with Crippen molar-refractivity contribution in [3.63, 3.8) is 0 Å². The summed E-state index contributed by atoms with van der Waals surface area (Å²) < 4.78 is 43.7. The molecule has 1 saturated heterocycles. The first-order chi connectivity index (χ1) is 11.3. The van der Waals surface area contributed by atoms with E-state index >= 15 is 0 Å². The van der Waals surface area contributed by atoms with E-state index in [0.29, 0.717) is 39.2 Å². The Kier molecular flexibility index (Phi) is 5.90. The number of amides is 1. The molecule has 1 aliphatic rings. The molecule has 1 aromatic heterocycles. The minimum Gasteiger partial charge on any atom is -0.449 e. The van der Waals surface area contributed by atoms with Gasteiger partial charge < -0.3 is 14.5 Å². The van der Waals surface area contributed by atoms with Crippen LogP contribution in [0.1, 0.15) is 25.8 Å². The molecule has 0 atom stereocenters. The number of anilines is 1. The van der Waals surface area contributed by atoms with Crippen molar-refractivity contribution in [2.75, 3.05) is 37.7 Å². The number of hydrogen-bond acceptors (Lipinski definition) is 4. The van der Waals surface area contributed by atoms with E-state index in [1.807, 2.05) is 13.8 Å². The van der Waals surface area contributed by atoms with Gasteiger partial charge in [0.25, 0.3) is 0 Å². The van der Waals surface area contributed by atoms with Gasteiger partial charge in [-0.15, -0.1) is 0 Å². The lowest BCUT2D eigenvalue weighted by Crippen LogP contribution is -2.36. The van der Waals surface area contributed by atoms with Gasteiger partial charge in [0.15, 0.2) is 0 Å². The highest BCUT2D eigenvalue weighted by Gasteiger charge is 2.31. The molecule has 1 aromatic rings. The van der Waals surface area contributed by atoms with Crippen molar-refractivity contribution in [2.45, 2.75) is 26.4 Å². The molecule has 0 spiro atoms. The summed E-state index contributed by atoms with van der Waals surface area (Å²) >= 11 is 0. The number of pyridine rings is 1. The van der Waals surface area contributed by atoms with Gasteiger partial charge in [-0.25, -0.2) is 9.78 Å². The Morgan fingerprint density at radius 1 is 1.29 bits per heavy atom. The second-order valence-corrected chi connectivity index (χ2v) is 6.20. The van der Waals surface area contributed by atoms with Gasteiger partial charge in [-0.2, -0.15) is 13.2 Å². The number of alkyl halides is 3. The molecule has 0 aliphatic carbocycles. The van der Waals surface area contributed by atoms with E-state index < -0.39 is 11.7 Å². The number of nitrogens with zero attached hydrogens (tertiary/aromatic N) is 3. The van der Waals surface area contributed by atoms with Crippen LogP contribution in [-0.2, 0) is 10.9 Å². The van der Waals surface area contributed by atoms with Crippen molar-refractivity contribution in [3.8, 4) is 0 Å². The van der Waals surface area contributed by atoms with Gasteiger partial charge in [-0.3, -0.25) is 0 Å². The highest BCUT2D eigenvalue weighted by molar-refractivity contribution is 5.67. The standard InChI is InChI=1S/C16H22F3N3O2/c1-12(2)11-24-15(23)22-7-3-6-21(8-9-22)14-10-13(4-5-20-14)16(17,18)19/h4-5,10,12H,3,6-9,11H2,1-2H3. The fourth-order valence-corrected chi connectivity index (χ4v) is 2.43. The average Bonchev–Trinajstić information content (AvgIpc) is 2.78. The molecule has 1 amide bonds. The Hall–Kier alpha value is -1.99. The predicted molar refractivity (Wildman–Crippen MR) is 83.8 cm³/mol. The third-order valence-corrected chi connectivity index (χ3v) is 3.69. The summed E-state index contributed by atoms with van der Waals surface area (Å²) in [7, 11) is 0. The SMILES string of the molecule is CC(C)COC(=O)N1CCCN(c2cc(C(F)(F)F)ccn2)CC1. The van der Waals surface area contributed by atoms with Crippen molar-refractivity contribution in [1.82, 2.24) is 9.88 Å². The van der Waals surface area contributed by atoms with Crippen molar-refractivity contribution in [1.29, 1.82) is 0 Å². The number of hydrogen-bond donors (Lipinski definition) is 0. The van der Waals surface area contributed by atoms with E-state index in [9.17, 15) is 18.0 Å². The Bertz CT molecular complexity index is 564. The third-order valence-electron chi connectivity index (χ3n) is 3.69. The van der Waals surface area contributed by atoms with Crippen LogP contribution in [0.5, 0.6) is 0 Å². The molecule has 5 nitrogen and oxygen atoms in total. The lowest BCUT2D eigenvalue weighted by molar-refractivity contribution is -0.137. The molecule has 0 aromatic carbocycles. The molecule has 24 heavy (non-hydrogen) atoms. The maximum atomic E-state index is 12.8. The molecule has 0 N–H and O–H groups in total. The van der Waals surface area contributed by atoms with Crippen LogP contribution in [0, 0.1) is 5.92 Å². The molecule has 134 valence electrons. The van der Waals surface area contributed by atoms with Gasteiger partial charge in [0.05, 0.1) is 12.2 Å². The molecule has 0 unspecified atom stereocenters. The van der Waals surface area contributed by atoms with Crippen molar-refractivity contribution in [3.05, 3.63) is 23.9 Å². The maximum absolute atomic E-state index is 12.8. The van der Waals surface area contributed by atoms with Gasteiger partial charge >= 0.3 is 12.3 Å². The predicted octanol–water partition coefficient (Wildman–Crippen LogP) is 3.41. The molecular weight excluding hydrogens is 323 g/mol. The summed E-state index contributed by atoms with van der Waals surface area (Å²) in [6.07, 6.45) is -2.95. The van der Waals surface area contributed by atoms with Crippen molar-refractivity contribution in [2.24, 2.45) is 5.92 Å². The van der Waals surface area contributed by atoms with Crippen molar-refractivity contribution < 1.29 is 22.7 Å². The third kappa shape index (κ3) is 5.01. The van der Waals surface area contributed by atoms with Crippen LogP contribution in [-0.4, -0.2) is 48.8 Å². The zero-order valence-electron chi connectivity index (χ0n) is 13.8. The van der Waals surface area contributed by atoms with Crippen LogP contribution >= 0.6 is 0 Å². The summed E-state index contributed by atoms with van der Waals surface area (Å²) in [4.78, 5) is 19.4. The van der Waals surface area contributed by atoms with Crippen LogP contribution in [0.25, 0.3) is 0 Å². The zero-order valence-corrected chi connectivity index (χ0v) is 13.8. The van der Waals surface area contributed by atoms with E-state index in [1.165, 1.54) is 0 Å². The molecule has 0 saturated carbocycles. The molecule has 0 bridgehead atoms. The number of rotatable bonds is 3. The van der Waals surface area contributed by atoms with Gasteiger partial charge in [-0.05, 0) is 24.5 Å². The minimum absolute atomic E-state index is 0.256. The number of ether oxygens (including phenoxy) is 1. The first-order valence-corrected chi connectivity index (χ1v) is 7.97. The van der Waals surface area contributed by atoms with Gasteiger partial charge in [-0.1, -0.05) is 13.8 Å². The number of aromatic nitrogens is 1. The fourth-order valence-electron chi connectivity index (χ4n) is 2.43. The number of carbonyl (C=O) groups is 1. The first kappa shape index (κ1) is 18.4. The second-order valence-electron chi connectivity index (χ2n) is 6.20. The Balaban J connectivity index is 1.99. The monoisotopic (exact) mass is 345 g/mol. The van der Waals surface area contributed by atoms with Gasteiger partial charge in [0.1, 0.15) is 5.82 Å². The van der Waals surface area contributed by atoms with Crippen LogP contribution in [0.2, 0.25) is 0 Å². The highest BCUT2D eigenvalue weighted by atomic mass is 19.4. The summed E-state index contributed by atoms with van der Waals surface area (Å²) in [6, 6.07) is 2.00. The van der Waals surface area contributed by atoms with Crippen LogP contribution in [0.3, 0.4) is 0 Å². The van der Waals surface area contributed by atoms with E-state index in [4.69, 9.17) is 4.74 Å². The fraction of sp³-hybridized carbons (Fsp3) is 0.625. The zero-order chi connectivity index (χ0) is 17.7. The molecule has 2 heterocycles. The minimum atomic E-state index is -4.39. The summed E-state index contributed by atoms with van der Waals surface area (Å²) in [6.45, 7) is 6.15. The van der Waals surface area contributed by atoms with E-state index in [-0.39, 0.29) is 17.8 Å². The van der Waals surface area contributed by atoms with E-state index in [1.54, 1.807) is 9.80 Å². The second kappa shape index (κ2) is 7.72. The summed E-state index contributed by atoms with van der Waals surface area (Å²) in [5.41, 5.74) is -0.718. The topological polar surface area (TPSA) is 45.7 Å².